The predicted octanol–water partition coefficient (Wildman–Crippen LogP) is 3.25. The number of nitrogens with zero attached hydrogens (tertiary/aromatic N) is 1. The van der Waals surface area contributed by atoms with Gasteiger partial charge in [-0.3, -0.25) is 9.59 Å². The van der Waals surface area contributed by atoms with Gasteiger partial charge in [0.05, 0.1) is 30.5 Å². The van der Waals surface area contributed by atoms with Crippen LogP contribution in [0.15, 0.2) is 51.6 Å². The molecule has 0 saturated heterocycles. The summed E-state index contributed by atoms with van der Waals surface area (Å²) in [5.74, 6) is 1.15. The molecule has 0 spiro atoms. The first-order valence-corrected chi connectivity index (χ1v) is 9.55. The molecular formula is C22H24N2O6. The van der Waals surface area contributed by atoms with E-state index in [1.54, 1.807) is 36.4 Å². The molecule has 2 heterocycles. The zero-order valence-electron chi connectivity index (χ0n) is 17.1. The average molecular weight is 412 g/mol. The summed E-state index contributed by atoms with van der Waals surface area (Å²) < 4.78 is 21.2. The summed E-state index contributed by atoms with van der Waals surface area (Å²) in [7, 11) is 0. The van der Waals surface area contributed by atoms with Crippen molar-refractivity contribution in [3.05, 3.63) is 71.0 Å². The van der Waals surface area contributed by atoms with E-state index in [9.17, 15) is 9.59 Å². The van der Waals surface area contributed by atoms with Gasteiger partial charge in [-0.15, -0.1) is 0 Å². The van der Waals surface area contributed by atoms with Gasteiger partial charge in [0, 0.05) is 0 Å². The Morgan fingerprint density at radius 2 is 1.93 bits per heavy atom. The van der Waals surface area contributed by atoms with E-state index in [4.69, 9.17) is 18.4 Å². The molecule has 0 bridgehead atoms. The number of carbonyl (C=O) groups is 2. The van der Waals surface area contributed by atoms with E-state index in [0.717, 1.165) is 22.6 Å². The lowest BCUT2D eigenvalue weighted by molar-refractivity contribution is -0.154. The summed E-state index contributed by atoms with van der Waals surface area (Å²) in [5.41, 5.74) is 2.48. The number of nitrogens with one attached hydrogen (secondary N) is 1. The van der Waals surface area contributed by atoms with Gasteiger partial charge in [-0.1, -0.05) is 17.3 Å². The number of furan rings is 1. The molecule has 0 radical (unpaired) electrons. The second-order valence-electron chi connectivity index (χ2n) is 6.84. The second kappa shape index (κ2) is 9.78. The standard InChI is InChI=1S/C22H24N2O6/c1-14-20(15(2)30-24-14)13-28-18-8-6-17(7-9-18)11-21(25)29-16(3)22(26)23-12-19-5-4-10-27-19/h4-10,16H,11-13H2,1-3H3,(H,23,26)/t16-/m0/s1. The fourth-order valence-electron chi connectivity index (χ4n) is 2.76. The molecule has 1 amide bonds. The van der Waals surface area contributed by atoms with Crippen LogP contribution in [0, 0.1) is 13.8 Å². The molecule has 0 aliphatic carbocycles. The first-order chi connectivity index (χ1) is 14.4. The molecule has 1 N–H and O–H groups in total. The van der Waals surface area contributed by atoms with Crippen LogP contribution in [-0.2, 0) is 33.9 Å². The lowest BCUT2D eigenvalue weighted by Gasteiger charge is -2.13. The van der Waals surface area contributed by atoms with E-state index in [1.807, 2.05) is 13.8 Å². The highest BCUT2D eigenvalue weighted by molar-refractivity contribution is 5.83. The summed E-state index contributed by atoms with van der Waals surface area (Å²) in [4.78, 5) is 24.2. The van der Waals surface area contributed by atoms with Crippen LogP contribution < -0.4 is 10.1 Å². The molecule has 30 heavy (non-hydrogen) atoms. The van der Waals surface area contributed by atoms with Crippen molar-refractivity contribution in [2.24, 2.45) is 0 Å². The SMILES string of the molecule is Cc1noc(C)c1COc1ccc(CC(=O)O[C@@H](C)C(=O)NCc2ccco2)cc1. The molecule has 1 atom stereocenters. The van der Waals surface area contributed by atoms with Crippen molar-refractivity contribution >= 4 is 11.9 Å². The zero-order chi connectivity index (χ0) is 21.5. The molecule has 1 aromatic carbocycles. The molecule has 0 unspecified atom stereocenters. The molecule has 0 aliphatic rings. The number of benzene rings is 1. The van der Waals surface area contributed by atoms with Crippen LogP contribution in [0.1, 0.15) is 35.3 Å². The number of carbonyl (C=O) groups excluding carboxylic acids is 2. The Bertz CT molecular complexity index is 956. The molecule has 158 valence electrons. The van der Waals surface area contributed by atoms with Crippen LogP contribution in [0.3, 0.4) is 0 Å². The third-order valence-electron chi connectivity index (χ3n) is 4.53. The van der Waals surface area contributed by atoms with Crippen LogP contribution in [0.25, 0.3) is 0 Å². The van der Waals surface area contributed by atoms with Crippen LogP contribution in [0.2, 0.25) is 0 Å². The highest BCUT2D eigenvalue weighted by Crippen LogP contribution is 2.18. The van der Waals surface area contributed by atoms with E-state index < -0.39 is 12.1 Å². The Labute approximate surface area is 174 Å². The predicted molar refractivity (Wildman–Crippen MR) is 107 cm³/mol. The summed E-state index contributed by atoms with van der Waals surface area (Å²) in [5, 5.41) is 6.55. The topological polar surface area (TPSA) is 104 Å². The number of aromatic nitrogens is 1. The number of hydrogen-bond donors (Lipinski definition) is 1. The highest BCUT2D eigenvalue weighted by atomic mass is 16.5. The number of hydrogen-bond acceptors (Lipinski definition) is 7. The van der Waals surface area contributed by atoms with Gasteiger partial charge in [0.1, 0.15) is 23.9 Å². The van der Waals surface area contributed by atoms with Crippen LogP contribution in [0.5, 0.6) is 5.75 Å². The Morgan fingerprint density at radius 1 is 1.17 bits per heavy atom. The lowest BCUT2D eigenvalue weighted by Crippen LogP contribution is -2.35. The molecule has 2 aromatic heterocycles. The van der Waals surface area contributed by atoms with Crippen molar-refractivity contribution < 1.29 is 28.0 Å². The van der Waals surface area contributed by atoms with Gasteiger partial charge in [0.25, 0.3) is 5.91 Å². The van der Waals surface area contributed by atoms with Crippen LogP contribution in [-0.4, -0.2) is 23.1 Å². The number of aryl methyl sites for hydroxylation is 2. The number of ether oxygens (including phenoxy) is 2. The number of rotatable bonds is 9. The van der Waals surface area contributed by atoms with Crippen LogP contribution in [0.4, 0.5) is 0 Å². The normalized spacial score (nSPS) is 11.7. The minimum absolute atomic E-state index is 0.0555. The van der Waals surface area contributed by atoms with E-state index >= 15 is 0 Å². The summed E-state index contributed by atoms with van der Waals surface area (Å²) in [6, 6.07) is 10.6. The zero-order valence-corrected chi connectivity index (χ0v) is 17.1. The van der Waals surface area contributed by atoms with Crippen molar-refractivity contribution in [1.29, 1.82) is 0 Å². The fraction of sp³-hybridized carbons (Fsp3) is 0.318. The van der Waals surface area contributed by atoms with E-state index in [-0.39, 0.29) is 18.9 Å². The minimum Gasteiger partial charge on any atom is -0.489 e. The monoisotopic (exact) mass is 412 g/mol. The van der Waals surface area contributed by atoms with E-state index in [2.05, 4.69) is 10.5 Å². The van der Waals surface area contributed by atoms with Gasteiger partial charge >= 0.3 is 5.97 Å². The van der Waals surface area contributed by atoms with Gasteiger partial charge in [0.15, 0.2) is 6.10 Å². The van der Waals surface area contributed by atoms with E-state index in [0.29, 0.717) is 18.1 Å². The molecular weight excluding hydrogens is 388 g/mol. The largest absolute Gasteiger partial charge is 0.489 e. The Hall–Kier alpha value is -3.55. The van der Waals surface area contributed by atoms with Crippen molar-refractivity contribution in [3.63, 3.8) is 0 Å². The van der Waals surface area contributed by atoms with Gasteiger partial charge in [-0.05, 0) is 50.6 Å². The maximum absolute atomic E-state index is 12.1. The smallest absolute Gasteiger partial charge is 0.311 e. The lowest BCUT2D eigenvalue weighted by atomic mass is 10.1. The van der Waals surface area contributed by atoms with Gasteiger partial charge in [-0.2, -0.15) is 0 Å². The number of esters is 1. The van der Waals surface area contributed by atoms with Gasteiger partial charge < -0.3 is 23.7 Å². The average Bonchev–Trinajstić information content (AvgIpc) is 3.35. The van der Waals surface area contributed by atoms with Crippen molar-refractivity contribution in [2.45, 2.75) is 46.4 Å². The first-order valence-electron chi connectivity index (χ1n) is 9.55. The molecule has 8 nitrogen and oxygen atoms in total. The minimum atomic E-state index is -0.898. The Balaban J connectivity index is 1.44. The number of amides is 1. The van der Waals surface area contributed by atoms with Crippen molar-refractivity contribution in [1.82, 2.24) is 10.5 Å². The quantitative estimate of drug-likeness (QED) is 0.538. The van der Waals surface area contributed by atoms with Gasteiger partial charge in [0.2, 0.25) is 0 Å². The van der Waals surface area contributed by atoms with Crippen molar-refractivity contribution in [2.75, 3.05) is 0 Å². The van der Waals surface area contributed by atoms with Gasteiger partial charge in [-0.25, -0.2) is 0 Å². The second-order valence-corrected chi connectivity index (χ2v) is 6.84. The maximum atomic E-state index is 12.1. The molecule has 3 rings (SSSR count). The third-order valence-corrected chi connectivity index (χ3v) is 4.53. The summed E-state index contributed by atoms with van der Waals surface area (Å²) >= 11 is 0. The Morgan fingerprint density at radius 3 is 2.57 bits per heavy atom. The van der Waals surface area contributed by atoms with E-state index in [1.165, 1.54) is 13.2 Å². The molecule has 8 heteroatoms. The summed E-state index contributed by atoms with van der Waals surface area (Å²) in [6.45, 7) is 5.82. The van der Waals surface area contributed by atoms with Crippen molar-refractivity contribution in [3.8, 4) is 5.75 Å². The maximum Gasteiger partial charge on any atom is 0.311 e. The van der Waals surface area contributed by atoms with Crippen LogP contribution >= 0.6 is 0 Å². The molecule has 0 saturated carbocycles. The Kier molecular flexibility index (Phi) is 6.90. The third kappa shape index (κ3) is 5.73. The highest BCUT2D eigenvalue weighted by Gasteiger charge is 2.18. The molecule has 0 fully saturated rings. The summed E-state index contributed by atoms with van der Waals surface area (Å²) in [6.07, 6.45) is 0.683. The molecule has 0 aliphatic heterocycles. The fourth-order valence-corrected chi connectivity index (χ4v) is 2.76. The molecule has 3 aromatic rings. The first kappa shape index (κ1) is 21.2.